The molecule has 3 aromatic rings. The zero-order valence-electron chi connectivity index (χ0n) is 18.9. The number of nitrogens with one attached hydrogen (secondary N) is 2. The Kier molecular flexibility index (Phi) is 6.99. The maximum Gasteiger partial charge on any atom is 0.319 e. The fourth-order valence-corrected chi connectivity index (χ4v) is 6.14. The second-order valence-electron chi connectivity index (χ2n) is 8.34. The van der Waals surface area contributed by atoms with Crippen molar-refractivity contribution in [1.29, 1.82) is 0 Å². The van der Waals surface area contributed by atoms with Crippen molar-refractivity contribution in [1.82, 2.24) is 15.3 Å². The van der Waals surface area contributed by atoms with Gasteiger partial charge in [0.2, 0.25) is 0 Å². The number of sulfone groups is 1. The van der Waals surface area contributed by atoms with Gasteiger partial charge < -0.3 is 21.5 Å². The number of aliphatic hydroxyl groups excluding tert-OH is 1. The summed E-state index contributed by atoms with van der Waals surface area (Å²) in [5, 5.41) is 14.1. The molecule has 2 amide bonds. The first-order valence-corrected chi connectivity index (χ1v) is 12.6. The fourth-order valence-electron chi connectivity index (χ4n) is 3.99. The van der Waals surface area contributed by atoms with Crippen LogP contribution in [0.3, 0.4) is 0 Å². The van der Waals surface area contributed by atoms with Crippen LogP contribution in [-0.4, -0.2) is 42.7 Å². The van der Waals surface area contributed by atoms with E-state index in [1.54, 1.807) is 24.3 Å². The number of nitrogens with two attached hydrogens (primary N) is 1. The Bertz CT molecular complexity index is 1310. The first-order chi connectivity index (χ1) is 16.7. The van der Waals surface area contributed by atoms with Gasteiger partial charge in [-0.2, -0.15) is 0 Å². The molecule has 1 aromatic heterocycles. The summed E-state index contributed by atoms with van der Waals surface area (Å²) in [4.78, 5) is 20.8. The number of aliphatic hydroxyl groups is 1. The molecule has 0 spiro atoms. The molecule has 9 nitrogen and oxygen atoms in total. The third-order valence-corrected chi connectivity index (χ3v) is 8.57. The second kappa shape index (κ2) is 9.96. The number of hydrogen-bond acceptors (Lipinski definition) is 7. The molecule has 0 unspecified atom stereocenters. The Morgan fingerprint density at radius 2 is 1.77 bits per heavy atom. The van der Waals surface area contributed by atoms with Gasteiger partial charge in [0, 0.05) is 30.5 Å². The molecule has 1 aliphatic carbocycles. The number of benzene rings is 2. The molecule has 11 heteroatoms. The lowest BCUT2D eigenvalue weighted by atomic mass is 9.81. The number of nitrogen functional groups attached to an aromatic ring is 1. The molecule has 184 valence electrons. The number of urea groups is 1. The molecule has 0 saturated heterocycles. The highest BCUT2D eigenvalue weighted by molar-refractivity contribution is 7.92. The van der Waals surface area contributed by atoms with Gasteiger partial charge in [0.25, 0.3) is 0 Å². The molecular formula is C24H26FN5O4S. The molecule has 0 atom stereocenters. The molecular weight excluding hydrogens is 473 g/mol. The molecule has 1 aliphatic rings. The largest absolute Gasteiger partial charge is 0.396 e. The zero-order chi connectivity index (χ0) is 25.1. The van der Waals surface area contributed by atoms with Crippen LogP contribution in [0.5, 0.6) is 0 Å². The van der Waals surface area contributed by atoms with E-state index in [4.69, 9.17) is 10.8 Å². The molecule has 0 aliphatic heterocycles. The van der Waals surface area contributed by atoms with Crippen molar-refractivity contribution in [2.24, 2.45) is 0 Å². The van der Waals surface area contributed by atoms with Crippen molar-refractivity contribution in [3.8, 4) is 11.4 Å². The van der Waals surface area contributed by atoms with Gasteiger partial charge in [-0.05, 0) is 74.2 Å². The van der Waals surface area contributed by atoms with Gasteiger partial charge in [-0.25, -0.2) is 27.6 Å². The van der Waals surface area contributed by atoms with E-state index in [1.165, 1.54) is 18.2 Å². The van der Waals surface area contributed by atoms with Crippen LogP contribution in [0, 0.1) is 5.82 Å². The SMILES string of the molecule is Nc1cc(C2(S(=O)(=O)c3ccc(F)cc3)CCC2)nc(-c2ccc(NC(=O)NCCCO)cc2)n1. The summed E-state index contributed by atoms with van der Waals surface area (Å²) in [6.07, 6.45) is 1.91. The minimum absolute atomic E-state index is 0.0103. The second-order valence-corrected chi connectivity index (χ2v) is 10.6. The van der Waals surface area contributed by atoms with Gasteiger partial charge in [0.05, 0.1) is 10.6 Å². The summed E-state index contributed by atoms with van der Waals surface area (Å²) in [6.45, 7) is 0.340. The van der Waals surface area contributed by atoms with Crippen molar-refractivity contribution >= 4 is 27.4 Å². The first-order valence-electron chi connectivity index (χ1n) is 11.2. The summed E-state index contributed by atoms with van der Waals surface area (Å²) < 4.78 is 39.3. The molecule has 1 heterocycles. The van der Waals surface area contributed by atoms with E-state index < -0.39 is 26.4 Å². The van der Waals surface area contributed by atoms with E-state index in [1.807, 2.05) is 0 Å². The summed E-state index contributed by atoms with van der Waals surface area (Å²) in [6, 6.07) is 12.6. The highest BCUT2D eigenvalue weighted by Gasteiger charge is 2.52. The number of hydrogen-bond donors (Lipinski definition) is 4. The molecule has 2 aromatic carbocycles. The number of carbonyl (C=O) groups excluding carboxylic acids is 1. The third kappa shape index (κ3) is 4.96. The lowest BCUT2D eigenvalue weighted by molar-refractivity contribution is 0.249. The van der Waals surface area contributed by atoms with Crippen LogP contribution < -0.4 is 16.4 Å². The van der Waals surface area contributed by atoms with E-state index >= 15 is 0 Å². The summed E-state index contributed by atoms with van der Waals surface area (Å²) in [5.41, 5.74) is 7.49. The smallest absolute Gasteiger partial charge is 0.319 e. The Morgan fingerprint density at radius 3 is 2.37 bits per heavy atom. The van der Waals surface area contributed by atoms with Crippen molar-refractivity contribution < 1.29 is 22.7 Å². The average molecular weight is 500 g/mol. The highest BCUT2D eigenvalue weighted by Crippen LogP contribution is 2.50. The van der Waals surface area contributed by atoms with E-state index in [0.717, 1.165) is 12.1 Å². The van der Waals surface area contributed by atoms with Crippen molar-refractivity contribution in [2.45, 2.75) is 35.3 Å². The Labute approximate surface area is 202 Å². The summed E-state index contributed by atoms with van der Waals surface area (Å²) in [5.74, 6) is -0.115. The van der Waals surface area contributed by atoms with Gasteiger partial charge in [-0.1, -0.05) is 0 Å². The van der Waals surface area contributed by atoms with Crippen molar-refractivity contribution in [3.05, 3.63) is 66.1 Å². The quantitative estimate of drug-likeness (QED) is 0.275. The van der Waals surface area contributed by atoms with Gasteiger partial charge in [-0.3, -0.25) is 0 Å². The predicted octanol–water partition coefficient (Wildman–Crippen LogP) is 3.22. The van der Waals surface area contributed by atoms with Gasteiger partial charge in [0.1, 0.15) is 16.4 Å². The number of rotatable bonds is 8. The highest BCUT2D eigenvalue weighted by atomic mass is 32.2. The summed E-state index contributed by atoms with van der Waals surface area (Å²) >= 11 is 0. The van der Waals surface area contributed by atoms with E-state index in [-0.39, 0.29) is 23.1 Å². The minimum Gasteiger partial charge on any atom is -0.396 e. The fraction of sp³-hybridized carbons (Fsp3) is 0.292. The van der Waals surface area contributed by atoms with Crippen LogP contribution in [-0.2, 0) is 14.6 Å². The standard InChI is InChI=1S/C24H26FN5O4S/c25-17-5-9-19(10-6-17)35(33,34)24(11-1-12-24)20-15-21(26)30-22(29-20)16-3-7-18(8-4-16)28-23(32)27-13-2-14-31/h3-10,15,31H,1-2,11-14H2,(H2,26,29,30)(H2,27,28,32). The predicted molar refractivity (Wildman–Crippen MR) is 130 cm³/mol. The van der Waals surface area contributed by atoms with E-state index in [0.29, 0.717) is 49.2 Å². The average Bonchev–Trinajstić information content (AvgIpc) is 2.79. The maximum atomic E-state index is 13.6. The molecule has 1 saturated carbocycles. The van der Waals surface area contributed by atoms with Crippen LogP contribution in [0.2, 0.25) is 0 Å². The Morgan fingerprint density at radius 1 is 1.09 bits per heavy atom. The lowest BCUT2D eigenvalue weighted by Gasteiger charge is -2.40. The Hall–Kier alpha value is -3.57. The monoisotopic (exact) mass is 499 g/mol. The van der Waals surface area contributed by atoms with E-state index in [9.17, 15) is 17.6 Å². The first kappa shape index (κ1) is 24.6. The van der Waals surface area contributed by atoms with Gasteiger partial charge >= 0.3 is 6.03 Å². The van der Waals surface area contributed by atoms with Crippen molar-refractivity contribution in [2.75, 3.05) is 24.2 Å². The number of amides is 2. The van der Waals surface area contributed by atoms with E-state index in [2.05, 4.69) is 20.6 Å². The normalized spacial score (nSPS) is 14.7. The number of carbonyl (C=O) groups is 1. The van der Waals surface area contributed by atoms with Gasteiger partial charge in [0.15, 0.2) is 15.7 Å². The Balaban J connectivity index is 1.61. The van der Waals surface area contributed by atoms with Crippen LogP contribution in [0.15, 0.2) is 59.5 Å². The number of anilines is 2. The molecule has 1 fully saturated rings. The molecule has 35 heavy (non-hydrogen) atoms. The van der Waals surface area contributed by atoms with Gasteiger partial charge in [-0.15, -0.1) is 0 Å². The van der Waals surface area contributed by atoms with Crippen LogP contribution in [0.1, 0.15) is 31.4 Å². The maximum absolute atomic E-state index is 13.6. The number of aromatic nitrogens is 2. The molecule has 0 radical (unpaired) electrons. The van der Waals surface area contributed by atoms with Crippen LogP contribution in [0.25, 0.3) is 11.4 Å². The van der Waals surface area contributed by atoms with Crippen LogP contribution >= 0.6 is 0 Å². The van der Waals surface area contributed by atoms with Crippen LogP contribution in [0.4, 0.5) is 20.7 Å². The minimum atomic E-state index is -3.86. The molecule has 5 N–H and O–H groups in total. The summed E-state index contributed by atoms with van der Waals surface area (Å²) in [7, 11) is -3.86. The molecule has 0 bridgehead atoms. The molecule has 4 rings (SSSR count). The zero-order valence-corrected chi connectivity index (χ0v) is 19.7. The van der Waals surface area contributed by atoms with Crippen molar-refractivity contribution in [3.63, 3.8) is 0 Å². The third-order valence-electron chi connectivity index (χ3n) is 6.03. The lowest BCUT2D eigenvalue weighted by Crippen LogP contribution is -2.43. The number of nitrogens with zero attached hydrogens (tertiary/aromatic N) is 2. The number of halogens is 1. The topological polar surface area (TPSA) is 147 Å².